The summed E-state index contributed by atoms with van der Waals surface area (Å²) in [4.78, 5) is 2.31. The van der Waals surface area contributed by atoms with Crippen LogP contribution in [0.2, 0.25) is 10.0 Å². The second-order valence-electron chi connectivity index (χ2n) is 4.10. The van der Waals surface area contributed by atoms with Crippen LogP contribution in [0.25, 0.3) is 0 Å². The van der Waals surface area contributed by atoms with Crippen molar-refractivity contribution in [2.45, 2.75) is 6.04 Å². The third kappa shape index (κ3) is 3.33. The summed E-state index contributed by atoms with van der Waals surface area (Å²) in [7, 11) is 0. The smallest absolute Gasteiger partial charge is 0.0594 e. The molecule has 1 fully saturated rings. The van der Waals surface area contributed by atoms with Crippen LogP contribution < -0.4 is 5.73 Å². The molecule has 0 bridgehead atoms. The maximum absolute atomic E-state index is 6.02. The highest BCUT2D eigenvalue weighted by Gasteiger charge is 2.21. The van der Waals surface area contributed by atoms with Gasteiger partial charge in [-0.1, -0.05) is 23.2 Å². The lowest BCUT2D eigenvalue weighted by Crippen LogP contribution is -2.41. The summed E-state index contributed by atoms with van der Waals surface area (Å²) in [6, 6.07) is 5.76. The lowest BCUT2D eigenvalue weighted by atomic mass is 10.0. The number of benzene rings is 1. The van der Waals surface area contributed by atoms with Crippen LogP contribution in [-0.2, 0) is 4.74 Å². The Morgan fingerprint density at radius 2 is 1.76 bits per heavy atom. The quantitative estimate of drug-likeness (QED) is 0.920. The first-order valence-corrected chi connectivity index (χ1v) is 6.44. The van der Waals surface area contributed by atoms with Gasteiger partial charge in [-0.15, -0.1) is 0 Å². The van der Waals surface area contributed by atoms with Crippen LogP contribution in [0.3, 0.4) is 0 Å². The second kappa shape index (κ2) is 6.03. The van der Waals surface area contributed by atoms with E-state index in [1.807, 2.05) is 12.1 Å². The summed E-state index contributed by atoms with van der Waals surface area (Å²) in [5.41, 5.74) is 6.94. The molecule has 3 nitrogen and oxygen atoms in total. The zero-order chi connectivity index (χ0) is 12.3. The van der Waals surface area contributed by atoms with Crippen LogP contribution in [0.15, 0.2) is 18.2 Å². The molecule has 2 rings (SSSR count). The van der Waals surface area contributed by atoms with Crippen LogP contribution >= 0.6 is 23.2 Å². The average molecular weight is 275 g/mol. The van der Waals surface area contributed by atoms with Crippen molar-refractivity contribution in [1.82, 2.24) is 4.90 Å². The van der Waals surface area contributed by atoms with Crippen molar-refractivity contribution in [1.29, 1.82) is 0 Å². The molecule has 2 N–H and O–H groups in total. The SMILES string of the molecule is NC[C@@H](c1cc(Cl)cc(Cl)c1)N1CCOCC1. The van der Waals surface area contributed by atoms with Gasteiger partial charge in [0.05, 0.1) is 13.2 Å². The molecule has 1 aliphatic heterocycles. The van der Waals surface area contributed by atoms with Gasteiger partial charge in [-0.2, -0.15) is 0 Å². The number of hydrogen-bond donors (Lipinski definition) is 1. The van der Waals surface area contributed by atoms with Crippen LogP contribution in [0.4, 0.5) is 0 Å². The van der Waals surface area contributed by atoms with Gasteiger partial charge in [0.15, 0.2) is 0 Å². The first kappa shape index (κ1) is 13.1. The van der Waals surface area contributed by atoms with Gasteiger partial charge in [-0.25, -0.2) is 0 Å². The Kier molecular flexibility index (Phi) is 4.65. The largest absolute Gasteiger partial charge is 0.379 e. The Hall–Kier alpha value is -0.320. The summed E-state index contributed by atoms with van der Waals surface area (Å²) in [6.45, 7) is 3.85. The molecule has 94 valence electrons. The standard InChI is InChI=1S/C12H16Cl2N2O/c13-10-5-9(6-11(14)7-10)12(8-15)16-1-3-17-4-2-16/h5-7,12H,1-4,8,15H2/t12-/m0/s1. The van der Waals surface area contributed by atoms with Crippen LogP contribution in [0.5, 0.6) is 0 Å². The van der Waals surface area contributed by atoms with Crippen molar-refractivity contribution in [3.05, 3.63) is 33.8 Å². The molecule has 1 aromatic carbocycles. The van der Waals surface area contributed by atoms with Crippen LogP contribution in [0, 0.1) is 0 Å². The predicted molar refractivity (Wildman–Crippen MR) is 70.6 cm³/mol. The van der Waals surface area contributed by atoms with E-state index in [1.54, 1.807) is 6.07 Å². The highest BCUT2D eigenvalue weighted by molar-refractivity contribution is 6.34. The molecule has 0 unspecified atom stereocenters. The van der Waals surface area contributed by atoms with Gasteiger partial charge in [-0.3, -0.25) is 4.90 Å². The van der Waals surface area contributed by atoms with Gasteiger partial charge in [0.25, 0.3) is 0 Å². The second-order valence-corrected chi connectivity index (χ2v) is 4.98. The zero-order valence-corrected chi connectivity index (χ0v) is 11.0. The molecule has 0 spiro atoms. The van der Waals surface area contributed by atoms with Crippen molar-refractivity contribution >= 4 is 23.2 Å². The van der Waals surface area contributed by atoms with E-state index in [4.69, 9.17) is 33.7 Å². The van der Waals surface area contributed by atoms with E-state index in [0.717, 1.165) is 31.9 Å². The number of ether oxygens (including phenoxy) is 1. The lowest BCUT2D eigenvalue weighted by molar-refractivity contribution is 0.0179. The van der Waals surface area contributed by atoms with Gasteiger partial charge in [0.1, 0.15) is 0 Å². The molecule has 1 saturated heterocycles. The fourth-order valence-corrected chi connectivity index (χ4v) is 2.70. The van der Waals surface area contributed by atoms with Gasteiger partial charge < -0.3 is 10.5 Å². The van der Waals surface area contributed by atoms with Crippen molar-refractivity contribution in [3.63, 3.8) is 0 Å². The van der Waals surface area contributed by atoms with Gasteiger partial charge in [0.2, 0.25) is 0 Å². The first-order chi connectivity index (χ1) is 8.20. The highest BCUT2D eigenvalue weighted by atomic mass is 35.5. The Bertz CT molecular complexity index is 361. The summed E-state index contributed by atoms with van der Waals surface area (Å²) < 4.78 is 5.34. The fourth-order valence-electron chi connectivity index (χ4n) is 2.15. The Balaban J connectivity index is 2.21. The minimum absolute atomic E-state index is 0.162. The molecule has 1 atom stereocenters. The zero-order valence-electron chi connectivity index (χ0n) is 9.53. The third-order valence-electron chi connectivity index (χ3n) is 2.98. The topological polar surface area (TPSA) is 38.5 Å². The van der Waals surface area contributed by atoms with E-state index in [1.165, 1.54) is 0 Å². The van der Waals surface area contributed by atoms with Gasteiger partial charge in [0, 0.05) is 35.7 Å². The number of halogens is 2. The summed E-state index contributed by atoms with van der Waals surface area (Å²) in [6.07, 6.45) is 0. The Labute approximate surface area is 111 Å². The monoisotopic (exact) mass is 274 g/mol. The van der Waals surface area contributed by atoms with E-state index in [2.05, 4.69) is 4.90 Å². The molecule has 17 heavy (non-hydrogen) atoms. The maximum atomic E-state index is 6.02. The minimum atomic E-state index is 0.162. The molecule has 0 aromatic heterocycles. The first-order valence-electron chi connectivity index (χ1n) is 5.68. The minimum Gasteiger partial charge on any atom is -0.379 e. The Morgan fingerprint density at radius 1 is 1.18 bits per heavy atom. The molecule has 1 heterocycles. The van der Waals surface area contributed by atoms with E-state index in [9.17, 15) is 0 Å². The number of nitrogens with two attached hydrogens (primary N) is 1. The fraction of sp³-hybridized carbons (Fsp3) is 0.500. The highest BCUT2D eigenvalue weighted by Crippen LogP contribution is 2.27. The van der Waals surface area contributed by atoms with E-state index in [0.29, 0.717) is 16.6 Å². The molecule has 5 heteroatoms. The predicted octanol–water partition coefficient (Wildman–Crippen LogP) is 2.33. The van der Waals surface area contributed by atoms with E-state index in [-0.39, 0.29) is 6.04 Å². The number of nitrogens with zero attached hydrogens (tertiary/aromatic N) is 1. The molecule has 1 aliphatic rings. The Morgan fingerprint density at radius 3 is 2.29 bits per heavy atom. The normalized spacial score (nSPS) is 19.2. The van der Waals surface area contributed by atoms with E-state index < -0.39 is 0 Å². The van der Waals surface area contributed by atoms with Crippen molar-refractivity contribution < 1.29 is 4.74 Å². The summed E-state index contributed by atoms with van der Waals surface area (Å²) in [5.74, 6) is 0. The summed E-state index contributed by atoms with van der Waals surface area (Å²) in [5, 5.41) is 1.30. The molecule has 0 saturated carbocycles. The molecule has 0 aliphatic carbocycles. The van der Waals surface area contributed by atoms with Crippen LogP contribution in [-0.4, -0.2) is 37.7 Å². The molecule has 0 radical (unpaired) electrons. The summed E-state index contributed by atoms with van der Waals surface area (Å²) >= 11 is 12.0. The van der Waals surface area contributed by atoms with Gasteiger partial charge in [-0.05, 0) is 23.8 Å². The average Bonchev–Trinajstić information content (AvgIpc) is 2.30. The molecular formula is C12H16Cl2N2O. The molecule has 1 aromatic rings. The maximum Gasteiger partial charge on any atom is 0.0594 e. The number of morpholine rings is 1. The van der Waals surface area contributed by atoms with Crippen molar-refractivity contribution in [2.75, 3.05) is 32.8 Å². The van der Waals surface area contributed by atoms with E-state index >= 15 is 0 Å². The van der Waals surface area contributed by atoms with Crippen molar-refractivity contribution in [2.24, 2.45) is 5.73 Å². The lowest BCUT2D eigenvalue weighted by Gasteiger charge is -2.34. The molecule has 0 amide bonds. The molecular weight excluding hydrogens is 259 g/mol. The van der Waals surface area contributed by atoms with Crippen LogP contribution in [0.1, 0.15) is 11.6 Å². The van der Waals surface area contributed by atoms with Crippen molar-refractivity contribution in [3.8, 4) is 0 Å². The number of rotatable bonds is 3. The third-order valence-corrected chi connectivity index (χ3v) is 3.42. The number of hydrogen-bond acceptors (Lipinski definition) is 3. The van der Waals surface area contributed by atoms with Gasteiger partial charge >= 0.3 is 0 Å².